The molecule has 0 aliphatic heterocycles. The van der Waals surface area contributed by atoms with Crippen LogP contribution in [0.4, 0.5) is 0 Å². The largest absolute Gasteiger partial charge is 0.480 e. The fraction of sp³-hybridized carbons (Fsp3) is 0.766. The molecule has 342 valence electrons. The molecule has 0 fully saturated rings. The van der Waals surface area contributed by atoms with Gasteiger partial charge >= 0.3 is 25.7 Å². The highest BCUT2D eigenvalue weighted by Gasteiger charge is 2.28. The summed E-state index contributed by atoms with van der Waals surface area (Å²) in [5, 5.41) is 8.90. The van der Waals surface area contributed by atoms with E-state index in [1.54, 1.807) is 0 Å². The second kappa shape index (κ2) is 42.1. The minimum atomic E-state index is -4.73. The van der Waals surface area contributed by atoms with Crippen molar-refractivity contribution in [2.24, 2.45) is 5.73 Å². The van der Waals surface area contributed by atoms with Crippen LogP contribution in [0.2, 0.25) is 0 Å². The van der Waals surface area contributed by atoms with Crippen LogP contribution in [0.25, 0.3) is 0 Å². The van der Waals surface area contributed by atoms with Gasteiger partial charge in [-0.15, -0.1) is 0 Å². The summed E-state index contributed by atoms with van der Waals surface area (Å²) in [4.78, 5) is 46.0. The molecule has 0 spiro atoms. The zero-order valence-corrected chi connectivity index (χ0v) is 38.0. The van der Waals surface area contributed by atoms with Crippen molar-refractivity contribution in [3.05, 3.63) is 48.6 Å². The van der Waals surface area contributed by atoms with Crippen LogP contribution < -0.4 is 5.73 Å². The van der Waals surface area contributed by atoms with Gasteiger partial charge in [0, 0.05) is 12.8 Å². The van der Waals surface area contributed by atoms with E-state index in [1.165, 1.54) is 109 Å². The fourth-order valence-corrected chi connectivity index (χ4v) is 6.95. The second-order valence-corrected chi connectivity index (χ2v) is 17.0. The number of ether oxygens (including phenoxy) is 2. The normalized spacial score (nSPS) is 14.1. The van der Waals surface area contributed by atoms with E-state index in [-0.39, 0.29) is 19.4 Å². The summed E-state index contributed by atoms with van der Waals surface area (Å²) in [6.45, 7) is 2.74. The number of nitrogens with two attached hydrogens (primary N) is 1. The first kappa shape index (κ1) is 56.4. The Balaban J connectivity index is 4.39. The molecular formula is C47H84NO10P. The lowest BCUT2D eigenvalue weighted by molar-refractivity contribution is -0.161. The molecule has 0 aromatic heterocycles. The highest BCUT2D eigenvalue weighted by Crippen LogP contribution is 2.43. The lowest BCUT2D eigenvalue weighted by Crippen LogP contribution is -2.34. The molecule has 0 aliphatic rings. The monoisotopic (exact) mass is 854 g/mol. The molecule has 1 unspecified atom stereocenters. The van der Waals surface area contributed by atoms with E-state index >= 15 is 0 Å². The quantitative estimate of drug-likeness (QED) is 0.0231. The van der Waals surface area contributed by atoms with E-state index in [1.807, 2.05) is 12.2 Å². The minimum Gasteiger partial charge on any atom is -0.480 e. The van der Waals surface area contributed by atoms with Gasteiger partial charge in [-0.25, -0.2) is 4.57 Å². The smallest absolute Gasteiger partial charge is 0.472 e. The summed E-state index contributed by atoms with van der Waals surface area (Å²) in [7, 11) is -4.73. The summed E-state index contributed by atoms with van der Waals surface area (Å²) in [5.74, 6) is -2.45. The van der Waals surface area contributed by atoms with E-state index in [4.69, 9.17) is 24.8 Å². The van der Waals surface area contributed by atoms with E-state index in [2.05, 4.69) is 54.8 Å². The lowest BCUT2D eigenvalue weighted by atomic mass is 10.0. The second-order valence-electron chi connectivity index (χ2n) is 15.5. The molecule has 12 heteroatoms. The SMILES string of the molecule is CCCCC/C=C\C/C=C\C/C=C\C/C=C\CCCC(=O)O[C@H](COC(=O)CCCCCCCCCCCCCCCCCCCC)COP(=O)(O)OC[C@H](N)C(=O)O. The number of hydrogen-bond donors (Lipinski definition) is 3. The van der Waals surface area contributed by atoms with Crippen LogP contribution in [-0.4, -0.2) is 59.9 Å². The number of allylic oxidation sites excluding steroid dienone is 8. The lowest BCUT2D eigenvalue weighted by Gasteiger charge is -2.20. The van der Waals surface area contributed by atoms with Gasteiger partial charge in [0.2, 0.25) is 0 Å². The number of carbonyl (C=O) groups excluding carboxylic acids is 2. The molecule has 0 bridgehead atoms. The zero-order chi connectivity index (χ0) is 43.5. The molecule has 0 saturated carbocycles. The summed E-state index contributed by atoms with van der Waals surface area (Å²) in [5.41, 5.74) is 5.33. The van der Waals surface area contributed by atoms with Crippen molar-refractivity contribution >= 4 is 25.7 Å². The molecule has 4 N–H and O–H groups in total. The Bertz CT molecular complexity index is 1190. The number of esters is 2. The molecule has 59 heavy (non-hydrogen) atoms. The van der Waals surface area contributed by atoms with Crippen LogP contribution in [0.15, 0.2) is 48.6 Å². The third-order valence-corrected chi connectivity index (χ3v) is 10.8. The molecule has 0 saturated heterocycles. The van der Waals surface area contributed by atoms with Crippen molar-refractivity contribution in [3.63, 3.8) is 0 Å². The van der Waals surface area contributed by atoms with Crippen molar-refractivity contribution in [1.82, 2.24) is 0 Å². The molecule has 3 atom stereocenters. The molecule has 0 aliphatic carbocycles. The minimum absolute atomic E-state index is 0.0858. The highest BCUT2D eigenvalue weighted by molar-refractivity contribution is 7.47. The Kier molecular flexibility index (Phi) is 40.3. The summed E-state index contributed by atoms with van der Waals surface area (Å²) < 4.78 is 32.7. The maximum Gasteiger partial charge on any atom is 0.472 e. The van der Waals surface area contributed by atoms with E-state index in [0.29, 0.717) is 19.3 Å². The van der Waals surface area contributed by atoms with Crippen molar-refractivity contribution in [2.45, 2.75) is 212 Å². The Hall–Kier alpha value is -2.56. The van der Waals surface area contributed by atoms with Gasteiger partial charge in [0.25, 0.3) is 0 Å². The predicted molar refractivity (Wildman–Crippen MR) is 240 cm³/mol. The third-order valence-electron chi connectivity index (χ3n) is 9.83. The van der Waals surface area contributed by atoms with Crippen molar-refractivity contribution in [3.8, 4) is 0 Å². The van der Waals surface area contributed by atoms with Crippen LogP contribution in [0, 0.1) is 0 Å². The molecule has 0 amide bonds. The molecule has 11 nitrogen and oxygen atoms in total. The average molecular weight is 854 g/mol. The number of unbranched alkanes of at least 4 members (excludes halogenated alkanes) is 21. The topological polar surface area (TPSA) is 172 Å². The fourth-order valence-electron chi connectivity index (χ4n) is 6.18. The Labute approximate surface area is 358 Å². The molecule has 0 aromatic rings. The van der Waals surface area contributed by atoms with Gasteiger partial charge in [-0.3, -0.25) is 23.4 Å². The first-order chi connectivity index (χ1) is 28.6. The first-order valence-electron chi connectivity index (χ1n) is 23.2. The maximum absolute atomic E-state index is 12.6. The molecule has 0 radical (unpaired) electrons. The first-order valence-corrected chi connectivity index (χ1v) is 24.7. The van der Waals surface area contributed by atoms with Gasteiger partial charge < -0.3 is 25.2 Å². The zero-order valence-electron chi connectivity index (χ0n) is 37.1. The highest BCUT2D eigenvalue weighted by atomic mass is 31.2. The van der Waals surface area contributed by atoms with Gasteiger partial charge in [-0.05, 0) is 51.4 Å². The maximum atomic E-state index is 12.6. The van der Waals surface area contributed by atoms with Gasteiger partial charge in [0.05, 0.1) is 13.2 Å². The Morgan fingerprint density at radius 2 is 0.915 bits per heavy atom. The van der Waals surface area contributed by atoms with Gasteiger partial charge in [-0.1, -0.05) is 184 Å². The number of carboxylic acid groups (broad SMARTS) is 1. The third kappa shape index (κ3) is 41.9. The molecular weight excluding hydrogens is 769 g/mol. The number of carboxylic acids is 1. The predicted octanol–water partition coefficient (Wildman–Crippen LogP) is 12.6. The van der Waals surface area contributed by atoms with Gasteiger partial charge in [0.15, 0.2) is 6.10 Å². The van der Waals surface area contributed by atoms with Crippen molar-refractivity contribution < 1.29 is 47.5 Å². The Morgan fingerprint density at radius 1 is 0.525 bits per heavy atom. The number of phosphoric ester groups is 1. The van der Waals surface area contributed by atoms with E-state index in [0.717, 1.165) is 44.9 Å². The number of phosphoric acid groups is 1. The number of rotatable bonds is 43. The average Bonchev–Trinajstić information content (AvgIpc) is 3.21. The number of aliphatic carboxylic acids is 1. The van der Waals surface area contributed by atoms with Crippen LogP contribution >= 0.6 is 7.82 Å². The standard InChI is InChI=1S/C47H84NO10P/c1-3-5-7-9-11-13-15-17-19-21-23-24-26-28-30-32-34-36-38-45(49)55-40-43(41-56-59(53,54)57-42-44(48)47(51)52)58-46(50)39-37-35-33-31-29-27-25-22-20-18-16-14-12-10-8-6-4-2/h12,14,18,20,25,27,31,33,43-44H,3-11,13,15-17,19,21-24,26,28-30,32,34-42,48H2,1-2H3,(H,51,52)(H,53,54)/b14-12-,20-18-,27-25-,33-31-/t43-,44+/m1/s1. The Morgan fingerprint density at radius 3 is 1.39 bits per heavy atom. The number of carbonyl (C=O) groups is 3. The van der Waals surface area contributed by atoms with E-state index < -0.39 is 51.1 Å². The molecule has 0 rings (SSSR count). The van der Waals surface area contributed by atoms with Crippen molar-refractivity contribution in [2.75, 3.05) is 19.8 Å². The van der Waals surface area contributed by atoms with Crippen LogP contribution in [0.1, 0.15) is 200 Å². The van der Waals surface area contributed by atoms with E-state index in [9.17, 15) is 23.8 Å². The summed E-state index contributed by atoms with van der Waals surface area (Å²) >= 11 is 0. The number of hydrogen-bond acceptors (Lipinski definition) is 9. The van der Waals surface area contributed by atoms with Crippen LogP contribution in [-0.2, 0) is 37.5 Å². The molecule has 0 aromatic carbocycles. The van der Waals surface area contributed by atoms with Gasteiger partial charge in [-0.2, -0.15) is 0 Å². The summed E-state index contributed by atoms with van der Waals surface area (Å²) in [6, 6.07) is -1.53. The summed E-state index contributed by atoms with van der Waals surface area (Å²) in [6.07, 6.45) is 47.5. The van der Waals surface area contributed by atoms with Crippen LogP contribution in [0.3, 0.4) is 0 Å². The molecule has 0 heterocycles. The van der Waals surface area contributed by atoms with Gasteiger partial charge in [0.1, 0.15) is 12.6 Å². The van der Waals surface area contributed by atoms with Crippen LogP contribution in [0.5, 0.6) is 0 Å². The van der Waals surface area contributed by atoms with Crippen molar-refractivity contribution in [1.29, 1.82) is 0 Å².